The Morgan fingerprint density at radius 2 is 1.66 bits per heavy atom. The van der Waals surface area contributed by atoms with Crippen molar-refractivity contribution >= 4 is 17.1 Å². The molecular formula is C26H21F2NO3. The largest absolute Gasteiger partial charge is 0.487 e. The predicted octanol–water partition coefficient (Wildman–Crippen LogP) is 5.48. The zero-order chi connectivity index (χ0) is 23.0. The van der Waals surface area contributed by atoms with Gasteiger partial charge in [0.25, 0.3) is 0 Å². The summed E-state index contributed by atoms with van der Waals surface area (Å²) in [6.45, 7) is 5.38. The van der Waals surface area contributed by atoms with Gasteiger partial charge in [0.05, 0.1) is 23.8 Å². The van der Waals surface area contributed by atoms with E-state index in [1.807, 2.05) is 25.1 Å². The lowest BCUT2D eigenvalue weighted by molar-refractivity contribution is -0.125. The van der Waals surface area contributed by atoms with Gasteiger partial charge in [-0.2, -0.15) is 0 Å². The van der Waals surface area contributed by atoms with E-state index in [4.69, 9.17) is 4.74 Å². The summed E-state index contributed by atoms with van der Waals surface area (Å²) in [7, 11) is 0. The minimum atomic E-state index is -0.887. The maximum Gasteiger partial charge on any atom is 0.209 e. The topological polar surface area (TPSA) is 56.3 Å². The summed E-state index contributed by atoms with van der Waals surface area (Å²) in [6, 6.07) is 12.4. The van der Waals surface area contributed by atoms with Crippen LogP contribution in [0.3, 0.4) is 0 Å². The molecule has 0 aliphatic carbocycles. The van der Waals surface area contributed by atoms with Gasteiger partial charge in [-0.1, -0.05) is 30.3 Å². The predicted molar refractivity (Wildman–Crippen MR) is 117 cm³/mol. The third-order valence-corrected chi connectivity index (χ3v) is 5.61. The zero-order valence-corrected chi connectivity index (χ0v) is 17.9. The quantitative estimate of drug-likeness (QED) is 0.500. The summed E-state index contributed by atoms with van der Waals surface area (Å²) in [4.78, 5) is 29.3. The number of ether oxygens (including phenoxy) is 1. The first-order valence-corrected chi connectivity index (χ1v) is 10.1. The van der Waals surface area contributed by atoms with Crippen LogP contribution in [-0.2, 0) is 16.0 Å². The van der Waals surface area contributed by atoms with Gasteiger partial charge in [-0.3, -0.25) is 14.6 Å². The lowest BCUT2D eigenvalue weighted by Crippen LogP contribution is -2.29. The van der Waals surface area contributed by atoms with E-state index in [-0.39, 0.29) is 12.2 Å². The van der Waals surface area contributed by atoms with Gasteiger partial charge in [0.15, 0.2) is 11.4 Å². The summed E-state index contributed by atoms with van der Waals surface area (Å²) in [5.41, 5.74) is 2.85. The third-order valence-electron chi connectivity index (χ3n) is 5.61. The standard InChI is InChI=1S/C26H21F2NO3/c1-15-18(6-4-7-19(15)20-14-32-26(2,3)25(20)31)16-10-11-17(29-13-16)12-23(30)24-21(27)8-5-9-22(24)28/h4-11,13-14H,12H2,1-3H3. The van der Waals surface area contributed by atoms with E-state index in [2.05, 4.69) is 4.98 Å². The molecule has 3 aromatic rings. The number of pyridine rings is 1. The highest BCUT2D eigenvalue weighted by molar-refractivity contribution is 6.26. The molecule has 0 saturated carbocycles. The van der Waals surface area contributed by atoms with Gasteiger partial charge >= 0.3 is 0 Å². The van der Waals surface area contributed by atoms with Crippen LogP contribution in [0.5, 0.6) is 0 Å². The van der Waals surface area contributed by atoms with Crippen molar-refractivity contribution in [2.45, 2.75) is 32.8 Å². The molecule has 2 heterocycles. The van der Waals surface area contributed by atoms with Crippen molar-refractivity contribution < 1.29 is 23.1 Å². The van der Waals surface area contributed by atoms with Gasteiger partial charge < -0.3 is 4.74 Å². The van der Waals surface area contributed by atoms with Gasteiger partial charge in [0.1, 0.15) is 11.6 Å². The Labute approximate surface area is 184 Å². The second-order valence-corrected chi connectivity index (χ2v) is 8.20. The third kappa shape index (κ3) is 3.84. The van der Waals surface area contributed by atoms with Crippen LogP contribution in [0.4, 0.5) is 8.78 Å². The van der Waals surface area contributed by atoms with Crippen molar-refractivity contribution in [3.63, 3.8) is 0 Å². The minimum absolute atomic E-state index is 0.0786. The average molecular weight is 433 g/mol. The van der Waals surface area contributed by atoms with Crippen molar-refractivity contribution in [1.82, 2.24) is 4.98 Å². The summed E-state index contributed by atoms with van der Waals surface area (Å²) >= 11 is 0. The van der Waals surface area contributed by atoms with Crippen LogP contribution >= 0.6 is 0 Å². The van der Waals surface area contributed by atoms with Crippen molar-refractivity contribution in [2.24, 2.45) is 0 Å². The molecule has 4 nitrogen and oxygen atoms in total. The molecule has 0 saturated heterocycles. The number of hydrogen-bond acceptors (Lipinski definition) is 4. The van der Waals surface area contributed by atoms with E-state index in [1.54, 1.807) is 32.2 Å². The highest BCUT2D eigenvalue weighted by atomic mass is 19.1. The Kier molecular flexibility index (Phi) is 5.46. The maximum absolute atomic E-state index is 13.9. The van der Waals surface area contributed by atoms with E-state index >= 15 is 0 Å². The molecule has 2 aromatic carbocycles. The van der Waals surface area contributed by atoms with Gasteiger partial charge in [-0.05, 0) is 55.7 Å². The van der Waals surface area contributed by atoms with Crippen LogP contribution in [0.15, 0.2) is 61.0 Å². The van der Waals surface area contributed by atoms with Crippen LogP contribution in [0.2, 0.25) is 0 Å². The Morgan fingerprint density at radius 3 is 2.25 bits per heavy atom. The van der Waals surface area contributed by atoms with Crippen molar-refractivity contribution in [1.29, 1.82) is 0 Å². The fourth-order valence-corrected chi connectivity index (χ4v) is 3.77. The number of ketones is 2. The lowest BCUT2D eigenvalue weighted by Gasteiger charge is -2.16. The minimum Gasteiger partial charge on any atom is -0.487 e. The number of nitrogens with zero attached hydrogens (tertiary/aromatic N) is 1. The molecule has 0 N–H and O–H groups in total. The Balaban J connectivity index is 1.59. The van der Waals surface area contributed by atoms with Crippen LogP contribution in [0, 0.1) is 18.6 Å². The zero-order valence-electron chi connectivity index (χ0n) is 17.9. The Morgan fingerprint density at radius 1 is 1.00 bits per heavy atom. The number of carbonyl (C=O) groups excluding carboxylic acids is 2. The maximum atomic E-state index is 13.9. The monoisotopic (exact) mass is 433 g/mol. The number of rotatable bonds is 5. The second kappa shape index (κ2) is 8.11. The van der Waals surface area contributed by atoms with Crippen molar-refractivity contribution in [3.8, 4) is 11.1 Å². The molecule has 6 heteroatoms. The molecule has 0 bridgehead atoms. The molecule has 0 radical (unpaired) electrons. The molecule has 162 valence electrons. The van der Waals surface area contributed by atoms with Gasteiger partial charge in [0.2, 0.25) is 5.78 Å². The van der Waals surface area contributed by atoms with E-state index in [0.29, 0.717) is 11.3 Å². The van der Waals surface area contributed by atoms with Crippen molar-refractivity contribution in [2.75, 3.05) is 0 Å². The smallest absolute Gasteiger partial charge is 0.209 e. The highest BCUT2D eigenvalue weighted by Crippen LogP contribution is 2.35. The number of benzene rings is 2. The number of Topliss-reactive ketones (excluding diaryl/α,β-unsaturated/α-hetero) is 2. The average Bonchev–Trinajstić information content (AvgIpc) is 3.01. The Hall–Kier alpha value is -3.67. The van der Waals surface area contributed by atoms with E-state index in [1.165, 1.54) is 12.3 Å². The molecule has 0 spiro atoms. The first-order valence-electron chi connectivity index (χ1n) is 10.1. The normalized spacial score (nSPS) is 14.8. The van der Waals surface area contributed by atoms with Crippen LogP contribution in [-0.4, -0.2) is 22.2 Å². The van der Waals surface area contributed by atoms with E-state index < -0.39 is 28.6 Å². The van der Waals surface area contributed by atoms with Gasteiger partial charge in [-0.15, -0.1) is 0 Å². The first kappa shape index (κ1) is 21.6. The summed E-state index contributed by atoms with van der Waals surface area (Å²) < 4.78 is 33.2. The van der Waals surface area contributed by atoms with Crippen LogP contribution in [0.1, 0.15) is 41.0 Å². The summed E-state index contributed by atoms with van der Waals surface area (Å²) in [5.74, 6) is -2.53. The SMILES string of the molecule is Cc1c(C2=COC(C)(C)C2=O)cccc1-c1ccc(CC(=O)c2c(F)cccc2F)nc1. The molecule has 0 amide bonds. The molecule has 0 fully saturated rings. The first-order chi connectivity index (χ1) is 15.2. The van der Waals surface area contributed by atoms with Crippen LogP contribution < -0.4 is 0 Å². The van der Waals surface area contributed by atoms with E-state index in [0.717, 1.165) is 34.4 Å². The molecule has 32 heavy (non-hydrogen) atoms. The molecule has 1 aliphatic rings. The number of aromatic nitrogens is 1. The van der Waals surface area contributed by atoms with Gasteiger partial charge in [0, 0.05) is 17.5 Å². The highest BCUT2D eigenvalue weighted by Gasteiger charge is 2.38. The lowest BCUT2D eigenvalue weighted by atomic mass is 9.89. The molecule has 1 aliphatic heterocycles. The molecule has 0 unspecified atom stereocenters. The molecule has 4 rings (SSSR count). The molecule has 1 aromatic heterocycles. The fourth-order valence-electron chi connectivity index (χ4n) is 3.77. The number of hydrogen-bond donors (Lipinski definition) is 0. The summed E-state index contributed by atoms with van der Waals surface area (Å²) in [6.07, 6.45) is 2.89. The number of halogens is 2. The number of carbonyl (C=O) groups is 2. The van der Waals surface area contributed by atoms with Crippen molar-refractivity contribution in [3.05, 3.63) is 95.0 Å². The fraction of sp³-hybridized carbons (Fsp3) is 0.192. The second-order valence-electron chi connectivity index (χ2n) is 8.20. The van der Waals surface area contributed by atoms with E-state index in [9.17, 15) is 18.4 Å². The molecule has 0 atom stereocenters. The summed E-state index contributed by atoms with van der Waals surface area (Å²) in [5, 5.41) is 0. The van der Waals surface area contributed by atoms with Gasteiger partial charge in [-0.25, -0.2) is 8.78 Å². The Bertz CT molecular complexity index is 1240. The molecular weight excluding hydrogens is 412 g/mol. The van der Waals surface area contributed by atoms with Crippen LogP contribution in [0.25, 0.3) is 16.7 Å².